The summed E-state index contributed by atoms with van der Waals surface area (Å²) >= 11 is 0. The average molecular weight is 372 g/mol. The fourth-order valence-corrected chi connectivity index (χ4v) is 2.80. The lowest BCUT2D eigenvalue weighted by Crippen LogP contribution is -2.51. The molecule has 0 saturated carbocycles. The summed E-state index contributed by atoms with van der Waals surface area (Å²) in [7, 11) is 0. The van der Waals surface area contributed by atoms with Crippen molar-refractivity contribution in [3.05, 3.63) is 41.3 Å². The number of aryl methyl sites for hydroxylation is 2. The summed E-state index contributed by atoms with van der Waals surface area (Å²) in [5.41, 5.74) is 2.61. The van der Waals surface area contributed by atoms with E-state index < -0.39 is 0 Å². The molecule has 1 aliphatic heterocycles. The lowest BCUT2D eigenvalue weighted by molar-refractivity contribution is 0.0708. The fourth-order valence-electron chi connectivity index (χ4n) is 2.80. The Balaban J connectivity index is 0.00000144. The molecule has 0 radical (unpaired) electrons. The van der Waals surface area contributed by atoms with Crippen molar-refractivity contribution in [1.29, 1.82) is 0 Å². The molecule has 1 amide bonds. The van der Waals surface area contributed by atoms with Crippen LogP contribution < -0.4 is 5.32 Å². The van der Waals surface area contributed by atoms with Crippen LogP contribution in [0.25, 0.3) is 5.82 Å². The van der Waals surface area contributed by atoms with E-state index in [9.17, 15) is 4.79 Å². The van der Waals surface area contributed by atoms with Crippen molar-refractivity contribution < 1.29 is 4.79 Å². The van der Waals surface area contributed by atoms with E-state index in [0.29, 0.717) is 11.6 Å². The maximum absolute atomic E-state index is 12.5. The van der Waals surface area contributed by atoms with Gasteiger partial charge in [-0.15, -0.1) is 24.8 Å². The Bertz CT molecular complexity index is 686. The Hall–Kier alpha value is -1.63. The number of halogens is 2. The van der Waals surface area contributed by atoms with Gasteiger partial charge in [0.1, 0.15) is 0 Å². The summed E-state index contributed by atoms with van der Waals surface area (Å²) in [5, 5.41) is 7.74. The molecular weight excluding hydrogens is 349 g/mol. The molecule has 0 aliphatic carbocycles. The van der Waals surface area contributed by atoms with Gasteiger partial charge in [0.15, 0.2) is 5.82 Å². The van der Waals surface area contributed by atoms with Crippen LogP contribution in [0.15, 0.2) is 24.4 Å². The number of carbonyl (C=O) groups is 1. The van der Waals surface area contributed by atoms with Crippen LogP contribution in [0.4, 0.5) is 0 Å². The predicted octanol–water partition coefficient (Wildman–Crippen LogP) is 2.16. The largest absolute Gasteiger partial charge is 0.336 e. The van der Waals surface area contributed by atoms with E-state index in [1.165, 1.54) is 0 Å². The number of carbonyl (C=O) groups excluding carboxylic acids is 1. The highest BCUT2D eigenvalue weighted by atomic mass is 35.5. The maximum atomic E-state index is 12.5. The van der Waals surface area contributed by atoms with Crippen LogP contribution in [0.3, 0.4) is 0 Å². The average Bonchev–Trinajstić information content (AvgIpc) is 2.85. The van der Waals surface area contributed by atoms with Gasteiger partial charge in [0.2, 0.25) is 0 Å². The Labute approximate surface area is 154 Å². The first-order chi connectivity index (χ1) is 10.5. The van der Waals surface area contributed by atoms with Crippen LogP contribution in [0, 0.1) is 13.8 Å². The molecule has 3 heterocycles. The third-order valence-corrected chi connectivity index (χ3v) is 3.88. The van der Waals surface area contributed by atoms with Gasteiger partial charge < -0.3 is 10.2 Å². The number of piperazine rings is 1. The quantitative estimate of drug-likeness (QED) is 0.878. The first-order valence-electron chi connectivity index (χ1n) is 7.57. The summed E-state index contributed by atoms with van der Waals surface area (Å²) in [4.78, 5) is 18.8. The van der Waals surface area contributed by atoms with Gasteiger partial charge in [-0.3, -0.25) is 4.79 Å². The smallest absolute Gasteiger partial charge is 0.255 e. The van der Waals surface area contributed by atoms with Gasteiger partial charge in [0, 0.05) is 37.6 Å². The van der Waals surface area contributed by atoms with Crippen LogP contribution in [0.1, 0.15) is 28.7 Å². The van der Waals surface area contributed by atoms with E-state index in [4.69, 9.17) is 0 Å². The molecule has 8 heteroatoms. The van der Waals surface area contributed by atoms with Crippen molar-refractivity contribution in [1.82, 2.24) is 25.0 Å². The number of amides is 1. The van der Waals surface area contributed by atoms with Crippen LogP contribution in [-0.2, 0) is 0 Å². The monoisotopic (exact) mass is 371 g/mol. The Morgan fingerprint density at radius 1 is 1.29 bits per heavy atom. The minimum Gasteiger partial charge on any atom is -0.336 e. The molecule has 1 unspecified atom stereocenters. The Morgan fingerprint density at radius 3 is 2.58 bits per heavy atom. The van der Waals surface area contributed by atoms with E-state index in [1.807, 2.05) is 36.9 Å². The van der Waals surface area contributed by atoms with Crippen LogP contribution in [-0.4, -0.2) is 51.2 Å². The molecule has 132 valence electrons. The van der Waals surface area contributed by atoms with Crippen molar-refractivity contribution in [2.24, 2.45) is 0 Å². The number of rotatable bonds is 2. The summed E-state index contributed by atoms with van der Waals surface area (Å²) in [6.45, 7) is 8.34. The van der Waals surface area contributed by atoms with Crippen LogP contribution in [0.5, 0.6) is 0 Å². The zero-order valence-electron chi connectivity index (χ0n) is 14.0. The van der Waals surface area contributed by atoms with Crippen LogP contribution in [0.2, 0.25) is 0 Å². The maximum Gasteiger partial charge on any atom is 0.255 e. The number of hydrogen-bond donors (Lipinski definition) is 1. The molecule has 1 fully saturated rings. The van der Waals surface area contributed by atoms with Gasteiger partial charge in [-0.25, -0.2) is 9.67 Å². The second-order valence-electron chi connectivity index (χ2n) is 5.85. The van der Waals surface area contributed by atoms with Gasteiger partial charge >= 0.3 is 0 Å². The molecule has 1 saturated heterocycles. The van der Waals surface area contributed by atoms with Gasteiger partial charge in [0.25, 0.3) is 5.91 Å². The molecule has 6 nitrogen and oxygen atoms in total. The Morgan fingerprint density at radius 2 is 2.04 bits per heavy atom. The molecule has 2 aromatic heterocycles. The zero-order valence-corrected chi connectivity index (χ0v) is 15.7. The number of aromatic nitrogens is 3. The number of nitrogens with zero attached hydrogens (tertiary/aromatic N) is 4. The normalized spacial score (nSPS) is 17.0. The van der Waals surface area contributed by atoms with Gasteiger partial charge in [-0.05, 0) is 39.0 Å². The lowest BCUT2D eigenvalue weighted by Gasteiger charge is -2.31. The van der Waals surface area contributed by atoms with Crippen molar-refractivity contribution in [3.8, 4) is 5.82 Å². The van der Waals surface area contributed by atoms with E-state index in [2.05, 4.69) is 22.3 Å². The summed E-state index contributed by atoms with van der Waals surface area (Å²) in [5.74, 6) is 0.775. The first-order valence-corrected chi connectivity index (χ1v) is 7.57. The van der Waals surface area contributed by atoms with Gasteiger partial charge in [-0.2, -0.15) is 5.10 Å². The number of pyridine rings is 1. The van der Waals surface area contributed by atoms with Crippen molar-refractivity contribution >= 4 is 30.7 Å². The number of nitrogens with one attached hydrogen (secondary N) is 1. The molecule has 1 aliphatic rings. The topological polar surface area (TPSA) is 63.1 Å². The molecule has 24 heavy (non-hydrogen) atoms. The molecule has 2 aromatic rings. The zero-order chi connectivity index (χ0) is 15.7. The third kappa shape index (κ3) is 4.26. The van der Waals surface area contributed by atoms with Gasteiger partial charge in [-0.1, -0.05) is 0 Å². The molecule has 1 atom stereocenters. The lowest BCUT2D eigenvalue weighted by atomic mass is 10.2. The SMILES string of the molecule is Cc1cc(C)n(-c2ccc(C(=O)N3CCNC(C)C3)cn2)n1.Cl.Cl. The van der Waals surface area contributed by atoms with Crippen LogP contribution >= 0.6 is 24.8 Å². The molecule has 0 bridgehead atoms. The molecular formula is C16H23Cl2N5O. The number of hydrogen-bond acceptors (Lipinski definition) is 4. The highest BCUT2D eigenvalue weighted by Gasteiger charge is 2.21. The second kappa shape index (κ2) is 8.46. The van der Waals surface area contributed by atoms with Crippen molar-refractivity contribution in [3.63, 3.8) is 0 Å². The van der Waals surface area contributed by atoms with E-state index in [0.717, 1.165) is 36.8 Å². The van der Waals surface area contributed by atoms with Gasteiger partial charge in [0.05, 0.1) is 11.3 Å². The second-order valence-corrected chi connectivity index (χ2v) is 5.85. The summed E-state index contributed by atoms with van der Waals surface area (Å²) < 4.78 is 1.79. The predicted molar refractivity (Wildman–Crippen MR) is 98.7 cm³/mol. The van der Waals surface area contributed by atoms with Crippen molar-refractivity contribution in [2.45, 2.75) is 26.8 Å². The molecule has 3 rings (SSSR count). The highest BCUT2D eigenvalue weighted by molar-refractivity contribution is 5.94. The van der Waals surface area contributed by atoms with E-state index in [1.54, 1.807) is 10.9 Å². The first kappa shape index (κ1) is 20.4. The third-order valence-electron chi connectivity index (χ3n) is 3.88. The van der Waals surface area contributed by atoms with E-state index >= 15 is 0 Å². The highest BCUT2D eigenvalue weighted by Crippen LogP contribution is 2.12. The summed E-state index contributed by atoms with van der Waals surface area (Å²) in [6, 6.07) is 6.01. The minimum absolute atomic E-state index is 0. The molecule has 0 aromatic carbocycles. The summed E-state index contributed by atoms with van der Waals surface area (Å²) in [6.07, 6.45) is 1.64. The van der Waals surface area contributed by atoms with E-state index in [-0.39, 0.29) is 30.7 Å². The molecule has 1 N–H and O–H groups in total. The fraction of sp³-hybridized carbons (Fsp3) is 0.438. The standard InChI is InChI=1S/C16H21N5O.2ClH/c1-11-8-13(3)21(19-11)15-5-4-14(9-18-15)16(22)20-7-6-17-12(2)10-20;;/h4-5,8-9,12,17H,6-7,10H2,1-3H3;2*1H. The Kier molecular flexibility index (Phi) is 7.20. The van der Waals surface area contributed by atoms with Crippen molar-refractivity contribution in [2.75, 3.05) is 19.6 Å². The molecule has 0 spiro atoms. The minimum atomic E-state index is 0.